The Morgan fingerprint density at radius 2 is 1.80 bits per heavy atom. The van der Waals surface area contributed by atoms with Gasteiger partial charge < -0.3 is 19.7 Å². The summed E-state index contributed by atoms with van der Waals surface area (Å²) in [6.07, 6.45) is 0. The predicted octanol–water partition coefficient (Wildman–Crippen LogP) is 1.73. The second kappa shape index (κ2) is 8.66. The number of likely N-dealkylation sites (N-methyl/N-ethyl adjacent to an activating group) is 2. The van der Waals surface area contributed by atoms with E-state index >= 15 is 0 Å². The number of hydrogen-bond acceptors (Lipinski definition) is 4. The van der Waals surface area contributed by atoms with Crippen molar-refractivity contribution in [2.45, 2.75) is 6.92 Å². The number of hydrogen-bond donors (Lipinski definition) is 1. The number of carbonyl (C=O) groups is 1. The molecule has 0 aliphatic carbocycles. The fourth-order valence-electron chi connectivity index (χ4n) is 1.80. The zero-order valence-corrected chi connectivity index (χ0v) is 13.5. The summed E-state index contributed by atoms with van der Waals surface area (Å²) in [6, 6.07) is 3.55. The Morgan fingerprint density at radius 1 is 1.25 bits per heavy atom. The van der Waals surface area contributed by atoms with Crippen LogP contribution in [-0.4, -0.2) is 52.2 Å². The molecular weight excluding hydrogens is 280 g/mol. The van der Waals surface area contributed by atoms with Gasteiger partial charge in [0.25, 0.3) is 5.91 Å². The molecule has 1 rings (SSSR count). The molecule has 1 aromatic carbocycles. The molecule has 114 valence electrons. The molecule has 0 aliphatic heterocycles. The largest absolute Gasteiger partial charge is 0.493 e. The minimum atomic E-state index is -0.0197. The van der Waals surface area contributed by atoms with E-state index in [1.807, 2.05) is 20.0 Å². The molecule has 5 nitrogen and oxygen atoms in total. The van der Waals surface area contributed by atoms with E-state index in [0.29, 0.717) is 23.6 Å². The number of amides is 1. The number of methoxy groups -OCH3 is 2. The molecule has 0 bridgehead atoms. The number of carbonyl (C=O) groups excluding carboxylic acids is 1. The van der Waals surface area contributed by atoms with Gasteiger partial charge in [-0.15, -0.1) is 12.4 Å². The second-order valence-corrected chi connectivity index (χ2v) is 4.35. The minimum Gasteiger partial charge on any atom is -0.493 e. The third-order valence-corrected chi connectivity index (χ3v) is 3.00. The molecular formula is C14H23ClN2O3. The minimum absolute atomic E-state index is 0. The van der Waals surface area contributed by atoms with Crippen molar-refractivity contribution in [1.29, 1.82) is 0 Å². The normalized spacial score (nSPS) is 9.65. The predicted molar refractivity (Wildman–Crippen MR) is 82.4 cm³/mol. The summed E-state index contributed by atoms with van der Waals surface area (Å²) in [5.41, 5.74) is 1.51. The average molecular weight is 303 g/mol. The van der Waals surface area contributed by atoms with Crippen LogP contribution in [0.4, 0.5) is 0 Å². The van der Waals surface area contributed by atoms with Crippen molar-refractivity contribution in [3.8, 4) is 11.5 Å². The average Bonchev–Trinajstić information content (AvgIpc) is 2.43. The van der Waals surface area contributed by atoms with Crippen LogP contribution in [0.1, 0.15) is 15.9 Å². The molecule has 0 saturated heterocycles. The Balaban J connectivity index is 0.00000361. The van der Waals surface area contributed by atoms with Crippen LogP contribution >= 0.6 is 12.4 Å². The third kappa shape index (κ3) is 4.28. The van der Waals surface area contributed by atoms with Gasteiger partial charge in [-0.1, -0.05) is 0 Å². The summed E-state index contributed by atoms with van der Waals surface area (Å²) < 4.78 is 10.5. The maximum absolute atomic E-state index is 12.3. The van der Waals surface area contributed by atoms with E-state index in [1.54, 1.807) is 32.2 Å². The molecule has 6 heteroatoms. The molecule has 1 aromatic rings. The molecule has 0 aliphatic rings. The van der Waals surface area contributed by atoms with Gasteiger partial charge in [0.15, 0.2) is 11.5 Å². The van der Waals surface area contributed by atoms with Gasteiger partial charge in [0, 0.05) is 25.7 Å². The smallest absolute Gasteiger partial charge is 0.254 e. The Morgan fingerprint density at radius 3 is 2.30 bits per heavy atom. The maximum atomic E-state index is 12.3. The van der Waals surface area contributed by atoms with Crippen molar-refractivity contribution in [1.82, 2.24) is 10.2 Å². The van der Waals surface area contributed by atoms with Gasteiger partial charge in [0.2, 0.25) is 0 Å². The first-order chi connectivity index (χ1) is 9.04. The van der Waals surface area contributed by atoms with Crippen LogP contribution in [-0.2, 0) is 0 Å². The van der Waals surface area contributed by atoms with E-state index in [9.17, 15) is 4.79 Å². The highest BCUT2D eigenvalue weighted by molar-refractivity contribution is 5.96. The number of aryl methyl sites for hydroxylation is 1. The number of halogens is 1. The quantitative estimate of drug-likeness (QED) is 0.869. The van der Waals surface area contributed by atoms with Crippen LogP contribution in [0.15, 0.2) is 12.1 Å². The van der Waals surface area contributed by atoms with Crippen LogP contribution in [0.25, 0.3) is 0 Å². The monoisotopic (exact) mass is 302 g/mol. The lowest BCUT2D eigenvalue weighted by molar-refractivity contribution is 0.0795. The lowest BCUT2D eigenvalue weighted by Gasteiger charge is -2.19. The first-order valence-electron chi connectivity index (χ1n) is 6.17. The van der Waals surface area contributed by atoms with E-state index in [-0.39, 0.29) is 18.3 Å². The summed E-state index contributed by atoms with van der Waals surface area (Å²) in [7, 11) is 6.79. The second-order valence-electron chi connectivity index (χ2n) is 4.35. The van der Waals surface area contributed by atoms with Gasteiger partial charge in [-0.25, -0.2) is 0 Å². The molecule has 20 heavy (non-hydrogen) atoms. The van der Waals surface area contributed by atoms with E-state index in [0.717, 1.165) is 12.1 Å². The van der Waals surface area contributed by atoms with E-state index in [1.165, 1.54) is 0 Å². The van der Waals surface area contributed by atoms with Crippen molar-refractivity contribution < 1.29 is 14.3 Å². The van der Waals surface area contributed by atoms with Crippen LogP contribution in [0.5, 0.6) is 11.5 Å². The van der Waals surface area contributed by atoms with Crippen molar-refractivity contribution in [3.63, 3.8) is 0 Å². The standard InChI is InChI=1S/C14H22N2O3.ClH/c1-10-8-12(18-4)13(19-5)9-11(10)14(17)16(3)7-6-15-2;/h8-9,15H,6-7H2,1-5H3;1H. The maximum Gasteiger partial charge on any atom is 0.254 e. The third-order valence-electron chi connectivity index (χ3n) is 3.00. The molecule has 0 unspecified atom stereocenters. The van der Waals surface area contributed by atoms with Crippen LogP contribution < -0.4 is 14.8 Å². The summed E-state index contributed by atoms with van der Waals surface area (Å²) in [6.45, 7) is 3.30. The van der Waals surface area contributed by atoms with E-state index < -0.39 is 0 Å². The molecule has 0 atom stereocenters. The molecule has 0 spiro atoms. The molecule has 0 fully saturated rings. The van der Waals surface area contributed by atoms with Gasteiger partial charge in [-0.2, -0.15) is 0 Å². The number of benzene rings is 1. The first-order valence-corrected chi connectivity index (χ1v) is 6.17. The van der Waals surface area contributed by atoms with Crippen LogP contribution in [0.2, 0.25) is 0 Å². The zero-order chi connectivity index (χ0) is 14.4. The van der Waals surface area contributed by atoms with Gasteiger partial charge >= 0.3 is 0 Å². The van der Waals surface area contributed by atoms with Gasteiger partial charge in [-0.3, -0.25) is 4.79 Å². The SMILES string of the molecule is CNCCN(C)C(=O)c1cc(OC)c(OC)cc1C.Cl. The van der Waals surface area contributed by atoms with Crippen molar-refractivity contribution in [2.75, 3.05) is 41.4 Å². The van der Waals surface area contributed by atoms with Crippen LogP contribution in [0.3, 0.4) is 0 Å². The Kier molecular flexibility index (Phi) is 8.03. The summed E-state index contributed by atoms with van der Waals surface area (Å²) in [5.74, 6) is 1.18. The molecule has 1 N–H and O–H groups in total. The fraction of sp³-hybridized carbons (Fsp3) is 0.500. The lowest BCUT2D eigenvalue weighted by Crippen LogP contribution is -2.33. The Hall–Kier alpha value is -1.46. The molecule has 0 radical (unpaired) electrons. The fourth-order valence-corrected chi connectivity index (χ4v) is 1.80. The topological polar surface area (TPSA) is 50.8 Å². The Bertz CT molecular complexity index is 452. The number of ether oxygens (including phenoxy) is 2. The van der Waals surface area contributed by atoms with E-state index in [2.05, 4.69) is 5.32 Å². The molecule has 0 aromatic heterocycles. The lowest BCUT2D eigenvalue weighted by atomic mass is 10.1. The van der Waals surface area contributed by atoms with Crippen molar-refractivity contribution >= 4 is 18.3 Å². The highest BCUT2D eigenvalue weighted by Gasteiger charge is 2.17. The van der Waals surface area contributed by atoms with Gasteiger partial charge in [0.05, 0.1) is 14.2 Å². The first kappa shape index (κ1) is 18.5. The van der Waals surface area contributed by atoms with E-state index in [4.69, 9.17) is 9.47 Å². The van der Waals surface area contributed by atoms with Gasteiger partial charge in [-0.05, 0) is 31.7 Å². The summed E-state index contributed by atoms with van der Waals surface area (Å²) in [5, 5.41) is 3.02. The number of nitrogens with zero attached hydrogens (tertiary/aromatic N) is 1. The number of nitrogens with one attached hydrogen (secondary N) is 1. The Labute approximate surface area is 126 Å². The summed E-state index contributed by atoms with van der Waals surface area (Å²) in [4.78, 5) is 14.0. The highest BCUT2D eigenvalue weighted by Crippen LogP contribution is 2.30. The zero-order valence-electron chi connectivity index (χ0n) is 12.6. The molecule has 0 heterocycles. The summed E-state index contributed by atoms with van der Waals surface area (Å²) >= 11 is 0. The van der Waals surface area contributed by atoms with Gasteiger partial charge in [0.1, 0.15) is 0 Å². The highest BCUT2D eigenvalue weighted by atomic mass is 35.5. The van der Waals surface area contributed by atoms with Crippen LogP contribution in [0, 0.1) is 6.92 Å². The molecule has 1 amide bonds. The molecule has 0 saturated carbocycles. The van der Waals surface area contributed by atoms with Crippen molar-refractivity contribution in [2.24, 2.45) is 0 Å². The van der Waals surface area contributed by atoms with Crippen molar-refractivity contribution in [3.05, 3.63) is 23.3 Å². The number of rotatable bonds is 6.